The number of benzene rings is 1. The van der Waals surface area contributed by atoms with Crippen LogP contribution in [0, 0.1) is 11.6 Å². The second-order valence-corrected chi connectivity index (χ2v) is 4.37. The third kappa shape index (κ3) is 4.39. The van der Waals surface area contributed by atoms with Crippen molar-refractivity contribution in [3.05, 3.63) is 35.4 Å². The van der Waals surface area contributed by atoms with Gasteiger partial charge in [0.1, 0.15) is 5.78 Å². The van der Waals surface area contributed by atoms with Crippen LogP contribution in [0.25, 0.3) is 0 Å². The van der Waals surface area contributed by atoms with Gasteiger partial charge in [-0.25, -0.2) is 8.78 Å². The number of rotatable bonds is 6. The molecule has 0 N–H and O–H groups in total. The van der Waals surface area contributed by atoms with E-state index in [0.29, 0.717) is 24.8 Å². The first-order chi connectivity index (χ1) is 7.63. The van der Waals surface area contributed by atoms with Gasteiger partial charge < -0.3 is 0 Å². The molecule has 0 radical (unpaired) electrons. The summed E-state index contributed by atoms with van der Waals surface area (Å²) in [7, 11) is 0. The molecule has 0 fully saturated rings. The zero-order valence-corrected chi connectivity index (χ0v) is 10.4. The van der Waals surface area contributed by atoms with Gasteiger partial charge in [-0.3, -0.25) is 4.79 Å². The van der Waals surface area contributed by atoms with E-state index in [9.17, 15) is 13.6 Å². The molecule has 1 aromatic carbocycles. The van der Waals surface area contributed by atoms with Gasteiger partial charge in [0.05, 0.1) is 0 Å². The van der Waals surface area contributed by atoms with E-state index in [1.54, 1.807) is 0 Å². The maximum atomic E-state index is 12.8. The van der Waals surface area contributed by atoms with E-state index in [4.69, 9.17) is 0 Å². The van der Waals surface area contributed by atoms with E-state index >= 15 is 0 Å². The minimum Gasteiger partial charge on any atom is -0.300 e. The fourth-order valence-corrected chi connectivity index (χ4v) is 1.65. The number of carbonyl (C=O) groups excluding carboxylic acids is 1. The van der Waals surface area contributed by atoms with E-state index in [1.807, 2.05) is 0 Å². The van der Waals surface area contributed by atoms with Crippen LogP contribution in [0.2, 0.25) is 0 Å². The minimum atomic E-state index is -0.856. The Morgan fingerprint density at radius 2 is 1.94 bits per heavy atom. The van der Waals surface area contributed by atoms with Gasteiger partial charge in [0.25, 0.3) is 0 Å². The molecular weight excluding hydrogens is 278 g/mol. The van der Waals surface area contributed by atoms with Crippen LogP contribution in [-0.2, 0) is 11.2 Å². The van der Waals surface area contributed by atoms with Gasteiger partial charge in [0, 0.05) is 18.2 Å². The van der Waals surface area contributed by atoms with Crippen molar-refractivity contribution in [1.82, 2.24) is 0 Å². The summed E-state index contributed by atoms with van der Waals surface area (Å²) in [6.07, 6.45) is 2.21. The van der Waals surface area contributed by atoms with Gasteiger partial charge in [-0.1, -0.05) is 22.0 Å². The monoisotopic (exact) mass is 290 g/mol. The normalized spacial score (nSPS) is 10.4. The average Bonchev–Trinajstić information content (AvgIpc) is 2.28. The lowest BCUT2D eigenvalue weighted by molar-refractivity contribution is -0.119. The molecule has 1 aromatic rings. The van der Waals surface area contributed by atoms with Crippen molar-refractivity contribution < 1.29 is 13.6 Å². The Balaban J connectivity index is 2.42. The Labute approximate surface area is 102 Å². The van der Waals surface area contributed by atoms with E-state index < -0.39 is 11.6 Å². The maximum absolute atomic E-state index is 12.8. The predicted molar refractivity (Wildman–Crippen MR) is 62.7 cm³/mol. The van der Waals surface area contributed by atoms with Gasteiger partial charge >= 0.3 is 0 Å². The van der Waals surface area contributed by atoms with Crippen molar-refractivity contribution in [3.8, 4) is 0 Å². The second-order valence-electron chi connectivity index (χ2n) is 3.58. The lowest BCUT2D eigenvalue weighted by atomic mass is 10.1. The molecule has 1 rings (SSSR count). The highest BCUT2D eigenvalue weighted by molar-refractivity contribution is 9.09. The van der Waals surface area contributed by atoms with E-state index in [2.05, 4.69) is 15.9 Å². The first-order valence-corrected chi connectivity index (χ1v) is 6.27. The van der Waals surface area contributed by atoms with Gasteiger partial charge in [-0.15, -0.1) is 0 Å². The van der Waals surface area contributed by atoms with Crippen LogP contribution in [0.15, 0.2) is 18.2 Å². The van der Waals surface area contributed by atoms with Crippen LogP contribution in [-0.4, -0.2) is 11.1 Å². The molecule has 0 bridgehead atoms. The van der Waals surface area contributed by atoms with Crippen LogP contribution >= 0.6 is 15.9 Å². The van der Waals surface area contributed by atoms with Crippen molar-refractivity contribution in [2.24, 2.45) is 0 Å². The molecule has 0 spiro atoms. The van der Waals surface area contributed by atoms with Crippen LogP contribution < -0.4 is 0 Å². The Kier molecular flexibility index (Phi) is 5.60. The first kappa shape index (κ1) is 13.3. The number of halogens is 3. The van der Waals surface area contributed by atoms with E-state index in [-0.39, 0.29) is 5.78 Å². The molecular formula is C12H13BrF2O. The van der Waals surface area contributed by atoms with Crippen molar-refractivity contribution in [2.45, 2.75) is 25.7 Å². The molecule has 0 aromatic heterocycles. The Morgan fingerprint density at radius 1 is 1.19 bits per heavy atom. The number of carbonyl (C=O) groups is 1. The van der Waals surface area contributed by atoms with Crippen LogP contribution in [0.4, 0.5) is 8.78 Å². The number of alkyl halides is 1. The van der Waals surface area contributed by atoms with Gasteiger partial charge in [0.15, 0.2) is 11.6 Å². The summed E-state index contributed by atoms with van der Waals surface area (Å²) in [5.74, 6) is -1.55. The average molecular weight is 291 g/mol. The molecule has 88 valence electrons. The highest BCUT2D eigenvalue weighted by Gasteiger charge is 2.05. The summed E-state index contributed by atoms with van der Waals surface area (Å²) in [5, 5.41) is 0.809. The summed E-state index contributed by atoms with van der Waals surface area (Å²) in [4.78, 5) is 11.3. The largest absolute Gasteiger partial charge is 0.300 e. The van der Waals surface area contributed by atoms with E-state index in [1.165, 1.54) is 6.07 Å². The van der Waals surface area contributed by atoms with Crippen LogP contribution in [0.1, 0.15) is 24.8 Å². The molecule has 0 heterocycles. The molecule has 0 aliphatic heterocycles. The molecule has 1 nitrogen and oxygen atoms in total. The molecule has 0 saturated heterocycles. The molecule has 0 saturated carbocycles. The topological polar surface area (TPSA) is 17.1 Å². The first-order valence-electron chi connectivity index (χ1n) is 5.15. The predicted octanol–water partition coefficient (Wildman–Crippen LogP) is 3.64. The summed E-state index contributed by atoms with van der Waals surface area (Å²) >= 11 is 3.25. The number of aryl methyl sites for hydroxylation is 1. The summed E-state index contributed by atoms with van der Waals surface area (Å²) < 4.78 is 25.5. The molecule has 0 aliphatic carbocycles. The maximum Gasteiger partial charge on any atom is 0.159 e. The highest BCUT2D eigenvalue weighted by atomic mass is 79.9. The van der Waals surface area contributed by atoms with Gasteiger partial charge in [-0.2, -0.15) is 0 Å². The molecule has 0 atom stereocenters. The lowest BCUT2D eigenvalue weighted by Gasteiger charge is -2.01. The fourth-order valence-electron chi connectivity index (χ4n) is 1.37. The summed E-state index contributed by atoms with van der Waals surface area (Å²) in [6, 6.07) is 3.75. The Bertz CT molecular complexity index is 366. The zero-order chi connectivity index (χ0) is 12.0. The molecule has 0 unspecified atom stereocenters. The number of ketones is 1. The summed E-state index contributed by atoms with van der Waals surface area (Å²) in [6.45, 7) is 0. The summed E-state index contributed by atoms with van der Waals surface area (Å²) in [5.41, 5.74) is 0.658. The molecule has 16 heavy (non-hydrogen) atoms. The van der Waals surface area contributed by atoms with Crippen LogP contribution in [0.5, 0.6) is 0 Å². The van der Waals surface area contributed by atoms with Gasteiger partial charge in [0.2, 0.25) is 0 Å². The number of hydrogen-bond acceptors (Lipinski definition) is 1. The standard InChI is InChI=1S/C12H13BrF2O/c13-7-1-2-10(16)5-3-9-4-6-11(14)12(15)8-9/h4,6,8H,1-3,5,7H2. The number of hydrogen-bond donors (Lipinski definition) is 0. The zero-order valence-electron chi connectivity index (χ0n) is 8.81. The number of Topliss-reactive ketones (excluding diaryl/α,β-unsaturated/α-hetero) is 1. The third-order valence-corrected chi connectivity index (χ3v) is 2.83. The highest BCUT2D eigenvalue weighted by Crippen LogP contribution is 2.11. The van der Waals surface area contributed by atoms with Crippen molar-refractivity contribution in [2.75, 3.05) is 5.33 Å². The van der Waals surface area contributed by atoms with Crippen molar-refractivity contribution in [1.29, 1.82) is 0 Å². The molecule has 0 aliphatic rings. The molecule has 4 heteroatoms. The van der Waals surface area contributed by atoms with Crippen LogP contribution in [0.3, 0.4) is 0 Å². The Hall–Kier alpha value is -0.770. The minimum absolute atomic E-state index is 0.157. The van der Waals surface area contributed by atoms with Gasteiger partial charge in [-0.05, 0) is 30.5 Å². The Morgan fingerprint density at radius 3 is 2.56 bits per heavy atom. The van der Waals surface area contributed by atoms with Crippen molar-refractivity contribution in [3.63, 3.8) is 0 Å². The second kappa shape index (κ2) is 6.74. The fraction of sp³-hybridized carbons (Fsp3) is 0.417. The van der Waals surface area contributed by atoms with Crippen molar-refractivity contribution >= 4 is 21.7 Å². The lowest BCUT2D eigenvalue weighted by Crippen LogP contribution is -2.01. The quantitative estimate of drug-likeness (QED) is 0.731. The SMILES string of the molecule is O=C(CCCBr)CCc1ccc(F)c(F)c1. The smallest absolute Gasteiger partial charge is 0.159 e. The molecule has 0 amide bonds. The van der Waals surface area contributed by atoms with E-state index in [0.717, 1.165) is 23.9 Å². The third-order valence-electron chi connectivity index (χ3n) is 2.27.